The van der Waals surface area contributed by atoms with E-state index >= 15 is 0 Å². The van der Waals surface area contributed by atoms with Crippen molar-refractivity contribution in [1.29, 1.82) is 0 Å². The van der Waals surface area contributed by atoms with Gasteiger partial charge in [0.2, 0.25) is 11.8 Å². The van der Waals surface area contributed by atoms with Gasteiger partial charge in [0.15, 0.2) is 0 Å². The van der Waals surface area contributed by atoms with Crippen molar-refractivity contribution in [3.8, 4) is 0 Å². The molecule has 8 heteroatoms. The fourth-order valence-electron chi connectivity index (χ4n) is 4.01. The molecule has 0 radical (unpaired) electrons. The van der Waals surface area contributed by atoms with Crippen LogP contribution in [0.15, 0.2) is 79.9 Å². The van der Waals surface area contributed by atoms with Crippen molar-refractivity contribution in [3.05, 3.63) is 96.9 Å². The highest BCUT2D eigenvalue weighted by atomic mass is 19.1. The number of benzene rings is 2. The highest BCUT2D eigenvalue weighted by molar-refractivity contribution is 5.86. The number of rotatable bonds is 17. The van der Waals surface area contributed by atoms with E-state index in [-0.39, 0.29) is 43.8 Å². The summed E-state index contributed by atoms with van der Waals surface area (Å²) < 4.78 is 18.5. The number of aliphatic hydroxyl groups is 1. The van der Waals surface area contributed by atoms with Gasteiger partial charge in [0.25, 0.3) is 0 Å². The molecule has 0 fully saturated rings. The highest BCUT2D eigenvalue weighted by Crippen LogP contribution is 2.16. The second kappa shape index (κ2) is 16.9. The molecule has 0 bridgehead atoms. The Labute approximate surface area is 223 Å². The molecule has 2 amide bonds. The van der Waals surface area contributed by atoms with Crippen molar-refractivity contribution >= 4 is 17.8 Å². The summed E-state index contributed by atoms with van der Waals surface area (Å²) in [7, 11) is 0. The van der Waals surface area contributed by atoms with Crippen molar-refractivity contribution in [3.63, 3.8) is 0 Å². The molecule has 0 spiro atoms. The molecular formula is C30H37FN2O5. The average Bonchev–Trinajstić information content (AvgIpc) is 2.91. The van der Waals surface area contributed by atoms with E-state index in [1.807, 2.05) is 30.3 Å². The summed E-state index contributed by atoms with van der Waals surface area (Å²) in [5.74, 6) is -2.60. The van der Waals surface area contributed by atoms with Gasteiger partial charge in [0.05, 0.1) is 31.0 Å². The molecule has 204 valence electrons. The van der Waals surface area contributed by atoms with Crippen LogP contribution in [0, 0.1) is 17.7 Å². The van der Waals surface area contributed by atoms with Crippen LogP contribution < -0.4 is 10.6 Å². The fourth-order valence-corrected chi connectivity index (χ4v) is 4.01. The van der Waals surface area contributed by atoms with Crippen molar-refractivity contribution in [1.82, 2.24) is 10.6 Å². The minimum Gasteiger partial charge on any atom is -0.464 e. The molecule has 0 saturated carbocycles. The third kappa shape index (κ3) is 11.1. The molecule has 2 aromatic carbocycles. The van der Waals surface area contributed by atoms with Gasteiger partial charge in [-0.3, -0.25) is 14.4 Å². The predicted octanol–water partition coefficient (Wildman–Crippen LogP) is 3.52. The number of nitrogens with one attached hydrogen (secondary N) is 2. The summed E-state index contributed by atoms with van der Waals surface area (Å²) in [6.07, 6.45) is 4.68. The molecule has 0 aromatic heterocycles. The number of amides is 2. The Hall–Kier alpha value is -3.78. The number of carbonyl (C=O) groups is 3. The Kier molecular flexibility index (Phi) is 13.5. The summed E-state index contributed by atoms with van der Waals surface area (Å²) in [6, 6.07) is 15.0. The first-order valence-corrected chi connectivity index (χ1v) is 12.7. The lowest BCUT2D eigenvalue weighted by Gasteiger charge is -2.19. The molecule has 0 saturated heterocycles. The first-order chi connectivity index (χ1) is 18.4. The quantitative estimate of drug-likeness (QED) is 0.167. The molecular weight excluding hydrogens is 487 g/mol. The zero-order chi connectivity index (χ0) is 27.8. The molecule has 38 heavy (non-hydrogen) atoms. The van der Waals surface area contributed by atoms with Crippen LogP contribution in [0.25, 0.3) is 0 Å². The maximum Gasteiger partial charge on any atom is 0.309 e. The zero-order valence-electron chi connectivity index (χ0n) is 21.6. The molecule has 0 heterocycles. The van der Waals surface area contributed by atoms with E-state index in [0.717, 1.165) is 11.1 Å². The maximum atomic E-state index is 13.1. The molecule has 3 atom stereocenters. The summed E-state index contributed by atoms with van der Waals surface area (Å²) in [4.78, 5) is 37.8. The molecule has 2 rings (SSSR count). The minimum absolute atomic E-state index is 0.0295. The van der Waals surface area contributed by atoms with E-state index in [2.05, 4.69) is 23.8 Å². The molecule has 7 nitrogen and oxygen atoms in total. The number of halogens is 1. The SMILES string of the molecule is C=CCC(CC(=O)NC(CO)Cc1ccccc1)C(=O)NCCOC(=O)C(CC=C)Cc1ccc(F)cc1. The van der Waals surface area contributed by atoms with Gasteiger partial charge in [-0.05, 0) is 48.9 Å². The Morgan fingerprint density at radius 1 is 0.921 bits per heavy atom. The van der Waals surface area contributed by atoms with Crippen LogP contribution in [0.3, 0.4) is 0 Å². The molecule has 3 unspecified atom stereocenters. The number of allylic oxidation sites excluding steroid dienone is 2. The molecule has 0 aliphatic carbocycles. The van der Waals surface area contributed by atoms with Crippen LogP contribution in [-0.4, -0.2) is 48.7 Å². The molecule has 0 aliphatic rings. The Bertz CT molecular complexity index is 1040. The number of hydrogen-bond acceptors (Lipinski definition) is 5. The number of hydrogen-bond donors (Lipinski definition) is 3. The molecule has 3 N–H and O–H groups in total. The first kappa shape index (κ1) is 30.4. The van der Waals surface area contributed by atoms with Gasteiger partial charge < -0.3 is 20.5 Å². The number of aliphatic hydroxyl groups excluding tert-OH is 1. The van der Waals surface area contributed by atoms with Gasteiger partial charge in [-0.2, -0.15) is 0 Å². The van der Waals surface area contributed by atoms with E-state index in [1.165, 1.54) is 12.1 Å². The lowest BCUT2D eigenvalue weighted by molar-refractivity contribution is -0.148. The average molecular weight is 525 g/mol. The maximum absolute atomic E-state index is 13.1. The fraction of sp³-hybridized carbons (Fsp3) is 0.367. The number of ether oxygens (including phenoxy) is 1. The lowest BCUT2D eigenvalue weighted by Crippen LogP contribution is -2.42. The van der Waals surface area contributed by atoms with E-state index in [1.54, 1.807) is 24.3 Å². The van der Waals surface area contributed by atoms with E-state index < -0.39 is 23.8 Å². The summed E-state index contributed by atoms with van der Waals surface area (Å²) in [5.41, 5.74) is 1.79. The van der Waals surface area contributed by atoms with Crippen molar-refractivity contribution < 1.29 is 28.6 Å². The first-order valence-electron chi connectivity index (χ1n) is 12.7. The van der Waals surface area contributed by atoms with Crippen LogP contribution in [0.1, 0.15) is 30.4 Å². The topological polar surface area (TPSA) is 105 Å². The van der Waals surface area contributed by atoms with Gasteiger partial charge in [0, 0.05) is 6.42 Å². The van der Waals surface area contributed by atoms with Crippen LogP contribution in [0.4, 0.5) is 4.39 Å². The van der Waals surface area contributed by atoms with E-state index in [9.17, 15) is 23.9 Å². The minimum atomic E-state index is -0.647. The monoisotopic (exact) mass is 524 g/mol. The third-order valence-electron chi connectivity index (χ3n) is 5.99. The van der Waals surface area contributed by atoms with Gasteiger partial charge in [-0.1, -0.05) is 54.6 Å². The number of esters is 1. The summed E-state index contributed by atoms with van der Waals surface area (Å²) >= 11 is 0. The Balaban J connectivity index is 1.80. The van der Waals surface area contributed by atoms with E-state index in [0.29, 0.717) is 25.7 Å². The Morgan fingerprint density at radius 2 is 1.55 bits per heavy atom. The highest BCUT2D eigenvalue weighted by Gasteiger charge is 2.23. The zero-order valence-corrected chi connectivity index (χ0v) is 21.6. The van der Waals surface area contributed by atoms with Gasteiger partial charge in [0.1, 0.15) is 12.4 Å². The van der Waals surface area contributed by atoms with Crippen LogP contribution in [0.5, 0.6) is 0 Å². The van der Waals surface area contributed by atoms with E-state index in [4.69, 9.17) is 4.74 Å². The number of carbonyl (C=O) groups excluding carboxylic acids is 3. The second-order valence-electron chi connectivity index (χ2n) is 9.07. The van der Waals surface area contributed by atoms with Gasteiger partial charge >= 0.3 is 5.97 Å². The van der Waals surface area contributed by atoms with Crippen molar-refractivity contribution in [2.24, 2.45) is 11.8 Å². The molecule has 0 aliphatic heterocycles. The summed E-state index contributed by atoms with van der Waals surface area (Å²) in [6.45, 7) is 7.19. The van der Waals surface area contributed by atoms with Crippen molar-refractivity contribution in [2.75, 3.05) is 19.8 Å². The Morgan fingerprint density at radius 3 is 2.18 bits per heavy atom. The smallest absolute Gasteiger partial charge is 0.309 e. The largest absolute Gasteiger partial charge is 0.464 e. The van der Waals surface area contributed by atoms with Crippen LogP contribution in [-0.2, 0) is 32.0 Å². The predicted molar refractivity (Wildman–Crippen MR) is 144 cm³/mol. The second-order valence-corrected chi connectivity index (χ2v) is 9.07. The standard InChI is InChI=1S/C30H37FN2O5/c1-3-8-24(20-28(35)33-27(21-34)19-22-10-6-5-7-11-22)29(36)32-16-17-38-30(37)25(9-4-2)18-23-12-14-26(31)15-13-23/h3-7,10-15,24-25,27,34H,1-2,8-9,16-21H2,(H,32,36)(H,33,35). The van der Waals surface area contributed by atoms with Gasteiger partial charge in [-0.15, -0.1) is 13.2 Å². The van der Waals surface area contributed by atoms with Crippen molar-refractivity contribution in [2.45, 2.75) is 38.1 Å². The molecule has 2 aromatic rings. The van der Waals surface area contributed by atoms with Crippen LogP contribution in [0.2, 0.25) is 0 Å². The van der Waals surface area contributed by atoms with Gasteiger partial charge in [-0.25, -0.2) is 4.39 Å². The third-order valence-corrected chi connectivity index (χ3v) is 5.99. The lowest BCUT2D eigenvalue weighted by atomic mass is 9.96. The normalized spacial score (nSPS) is 13.0. The summed E-state index contributed by atoms with van der Waals surface area (Å²) in [5, 5.41) is 15.2. The van der Waals surface area contributed by atoms with Crippen LogP contribution >= 0.6 is 0 Å².